The van der Waals surface area contributed by atoms with Crippen LogP contribution in [0.4, 0.5) is 5.69 Å². The molecule has 1 aromatic rings. The van der Waals surface area contributed by atoms with Crippen molar-refractivity contribution in [3.05, 3.63) is 29.8 Å². The maximum absolute atomic E-state index is 12.3. The summed E-state index contributed by atoms with van der Waals surface area (Å²) in [6.07, 6.45) is 2.06. The number of benzene rings is 1. The average Bonchev–Trinajstić information content (AvgIpc) is 2.84. The Morgan fingerprint density at radius 2 is 1.68 bits per heavy atom. The van der Waals surface area contributed by atoms with Gasteiger partial charge in [0.25, 0.3) is 0 Å². The first-order valence-electron chi connectivity index (χ1n) is 6.29. The van der Waals surface area contributed by atoms with Crippen LogP contribution in [0, 0.1) is 11.8 Å². The zero-order valence-electron chi connectivity index (χ0n) is 10.2. The maximum atomic E-state index is 12.3. The topological polar surface area (TPSA) is 74.7 Å². The first kappa shape index (κ1) is 11.9. The van der Waals surface area contributed by atoms with Crippen LogP contribution in [0.15, 0.2) is 24.3 Å². The lowest BCUT2D eigenvalue weighted by atomic mass is 9.95. The highest BCUT2D eigenvalue weighted by molar-refractivity contribution is 6.20. The van der Waals surface area contributed by atoms with Crippen LogP contribution in [0.3, 0.4) is 0 Å². The summed E-state index contributed by atoms with van der Waals surface area (Å²) in [4.78, 5) is 36.8. The van der Waals surface area contributed by atoms with Gasteiger partial charge in [-0.1, -0.05) is 12.1 Å². The Morgan fingerprint density at radius 1 is 1.11 bits per heavy atom. The SMILES string of the molecule is O=C(O)c1ccccc1N1C(=O)C2CCC(C2)C1=O. The number of anilines is 1. The van der Waals surface area contributed by atoms with Crippen LogP contribution in [0.5, 0.6) is 0 Å². The van der Waals surface area contributed by atoms with Crippen molar-refractivity contribution < 1.29 is 19.5 Å². The largest absolute Gasteiger partial charge is 0.478 e. The van der Waals surface area contributed by atoms with E-state index in [0.29, 0.717) is 6.42 Å². The van der Waals surface area contributed by atoms with E-state index in [9.17, 15) is 14.4 Å². The Bertz CT molecular complexity index is 559. The first-order valence-corrected chi connectivity index (χ1v) is 6.29. The molecule has 5 heteroatoms. The number of imide groups is 1. The van der Waals surface area contributed by atoms with E-state index in [1.54, 1.807) is 12.1 Å². The molecule has 5 nitrogen and oxygen atoms in total. The summed E-state index contributed by atoms with van der Waals surface area (Å²) in [7, 11) is 0. The van der Waals surface area contributed by atoms with Gasteiger partial charge in [-0.3, -0.25) is 9.59 Å². The highest BCUT2D eigenvalue weighted by Crippen LogP contribution is 2.40. The molecule has 1 aliphatic carbocycles. The molecule has 2 atom stereocenters. The Balaban J connectivity index is 2.09. The quantitative estimate of drug-likeness (QED) is 0.820. The highest BCUT2D eigenvalue weighted by Gasteiger charge is 2.46. The van der Waals surface area contributed by atoms with Crippen molar-refractivity contribution in [1.82, 2.24) is 0 Å². The normalized spacial score (nSPS) is 25.8. The molecule has 2 amide bonds. The van der Waals surface area contributed by atoms with Crippen LogP contribution in [0.1, 0.15) is 29.6 Å². The Kier molecular flexibility index (Phi) is 2.62. The summed E-state index contributed by atoms with van der Waals surface area (Å²) in [6, 6.07) is 6.15. The fraction of sp³-hybridized carbons (Fsp3) is 0.357. The number of piperidine rings is 1. The molecule has 2 unspecified atom stereocenters. The molecule has 98 valence electrons. The molecule has 2 fully saturated rings. The van der Waals surface area contributed by atoms with Crippen LogP contribution < -0.4 is 4.90 Å². The van der Waals surface area contributed by atoms with Crippen molar-refractivity contribution in [2.45, 2.75) is 19.3 Å². The van der Waals surface area contributed by atoms with Crippen molar-refractivity contribution >= 4 is 23.5 Å². The van der Waals surface area contributed by atoms with Crippen molar-refractivity contribution in [2.24, 2.45) is 11.8 Å². The van der Waals surface area contributed by atoms with E-state index in [1.807, 2.05) is 0 Å². The summed E-state index contributed by atoms with van der Waals surface area (Å²) in [6.45, 7) is 0. The minimum atomic E-state index is -1.13. The lowest BCUT2D eigenvalue weighted by Gasteiger charge is -2.30. The number of para-hydroxylation sites is 1. The fourth-order valence-electron chi connectivity index (χ4n) is 2.99. The smallest absolute Gasteiger partial charge is 0.337 e. The van der Waals surface area contributed by atoms with Crippen LogP contribution in [0.2, 0.25) is 0 Å². The van der Waals surface area contributed by atoms with Gasteiger partial charge in [-0.25, -0.2) is 9.69 Å². The van der Waals surface area contributed by atoms with Gasteiger partial charge in [0, 0.05) is 11.8 Å². The lowest BCUT2D eigenvalue weighted by molar-refractivity contribution is -0.132. The van der Waals surface area contributed by atoms with Gasteiger partial charge in [-0.05, 0) is 31.4 Å². The van der Waals surface area contributed by atoms with Crippen LogP contribution >= 0.6 is 0 Å². The molecule has 0 aromatic heterocycles. The van der Waals surface area contributed by atoms with Gasteiger partial charge >= 0.3 is 5.97 Å². The summed E-state index contributed by atoms with van der Waals surface area (Å²) >= 11 is 0. The minimum Gasteiger partial charge on any atom is -0.478 e. The third-order valence-electron chi connectivity index (χ3n) is 3.95. The Hall–Kier alpha value is -2.17. The number of carboxylic acid groups (broad SMARTS) is 1. The second-order valence-electron chi connectivity index (χ2n) is 5.04. The molecular formula is C14H13NO4. The molecule has 1 saturated carbocycles. The van der Waals surface area contributed by atoms with Crippen molar-refractivity contribution in [3.8, 4) is 0 Å². The molecular weight excluding hydrogens is 246 g/mol. The molecule has 3 rings (SSSR count). The van der Waals surface area contributed by atoms with Gasteiger partial charge in [0.15, 0.2) is 0 Å². The minimum absolute atomic E-state index is 0.00880. The number of nitrogens with zero attached hydrogens (tertiary/aromatic N) is 1. The van der Waals surface area contributed by atoms with Gasteiger partial charge < -0.3 is 5.11 Å². The van der Waals surface area contributed by atoms with E-state index < -0.39 is 5.97 Å². The molecule has 1 saturated heterocycles. The maximum Gasteiger partial charge on any atom is 0.337 e. The van der Waals surface area contributed by atoms with Gasteiger partial charge in [0.2, 0.25) is 11.8 Å². The van der Waals surface area contributed by atoms with Crippen LogP contribution in [-0.2, 0) is 9.59 Å². The number of hydrogen-bond donors (Lipinski definition) is 1. The predicted octanol–water partition coefficient (Wildman–Crippen LogP) is 1.67. The summed E-state index contributed by atoms with van der Waals surface area (Å²) in [5, 5.41) is 9.17. The lowest BCUT2D eigenvalue weighted by Crippen LogP contribution is -2.47. The van der Waals surface area contributed by atoms with E-state index in [-0.39, 0.29) is 34.9 Å². The second-order valence-corrected chi connectivity index (χ2v) is 5.04. The molecule has 2 aliphatic rings. The van der Waals surface area contributed by atoms with E-state index in [4.69, 9.17) is 5.11 Å². The predicted molar refractivity (Wildman–Crippen MR) is 66.7 cm³/mol. The number of carbonyl (C=O) groups is 3. The number of aromatic carboxylic acids is 1. The van der Waals surface area contributed by atoms with Gasteiger partial charge in [0.05, 0.1) is 11.3 Å². The average molecular weight is 259 g/mol. The third kappa shape index (κ3) is 1.73. The van der Waals surface area contributed by atoms with Gasteiger partial charge in [-0.15, -0.1) is 0 Å². The summed E-state index contributed by atoms with van der Waals surface area (Å²) in [5.74, 6) is -1.91. The second kappa shape index (κ2) is 4.19. The van der Waals surface area contributed by atoms with Gasteiger partial charge in [0.1, 0.15) is 0 Å². The zero-order chi connectivity index (χ0) is 13.6. The number of hydrogen-bond acceptors (Lipinski definition) is 3. The summed E-state index contributed by atoms with van der Waals surface area (Å²) in [5.41, 5.74) is 0.187. The van der Waals surface area contributed by atoms with E-state index in [2.05, 4.69) is 0 Å². The standard InChI is InChI=1S/C14H13NO4/c16-12-8-5-6-9(7-8)13(17)15(12)11-4-2-1-3-10(11)14(18)19/h1-4,8-9H,5-7H2,(H,18,19). The summed E-state index contributed by atoms with van der Waals surface area (Å²) < 4.78 is 0. The monoisotopic (exact) mass is 259 g/mol. The van der Waals surface area contributed by atoms with Crippen molar-refractivity contribution in [1.29, 1.82) is 0 Å². The number of amides is 2. The van der Waals surface area contributed by atoms with Crippen LogP contribution in [-0.4, -0.2) is 22.9 Å². The van der Waals surface area contributed by atoms with Crippen molar-refractivity contribution in [3.63, 3.8) is 0 Å². The zero-order valence-corrected chi connectivity index (χ0v) is 10.2. The molecule has 0 spiro atoms. The number of fused-ring (bicyclic) bond motifs is 2. The van der Waals surface area contributed by atoms with Gasteiger partial charge in [-0.2, -0.15) is 0 Å². The molecule has 2 bridgehead atoms. The molecule has 0 radical (unpaired) electrons. The number of carbonyl (C=O) groups excluding carboxylic acids is 2. The molecule has 1 aliphatic heterocycles. The van der Waals surface area contributed by atoms with E-state index in [0.717, 1.165) is 17.7 Å². The Labute approximate surface area is 109 Å². The van der Waals surface area contributed by atoms with Crippen LogP contribution in [0.25, 0.3) is 0 Å². The first-order chi connectivity index (χ1) is 9.09. The highest BCUT2D eigenvalue weighted by atomic mass is 16.4. The molecule has 19 heavy (non-hydrogen) atoms. The number of carboxylic acids is 1. The van der Waals surface area contributed by atoms with E-state index >= 15 is 0 Å². The molecule has 1 heterocycles. The van der Waals surface area contributed by atoms with Crippen molar-refractivity contribution in [2.75, 3.05) is 4.90 Å². The fourth-order valence-corrected chi connectivity index (χ4v) is 2.99. The number of rotatable bonds is 2. The Morgan fingerprint density at radius 3 is 2.26 bits per heavy atom. The molecule has 1 N–H and O–H groups in total. The van der Waals surface area contributed by atoms with E-state index in [1.165, 1.54) is 12.1 Å². The molecule has 1 aromatic carbocycles. The third-order valence-corrected chi connectivity index (χ3v) is 3.95.